The summed E-state index contributed by atoms with van der Waals surface area (Å²) in [6, 6.07) is 15.1. The number of carbonyl (C=O) groups excluding carboxylic acids is 1. The number of nitrogens with zero attached hydrogens (tertiary/aromatic N) is 3. The highest BCUT2D eigenvalue weighted by atomic mass is 16.5. The predicted octanol–water partition coefficient (Wildman–Crippen LogP) is 4.11. The number of amides is 1. The molecule has 2 aromatic heterocycles. The second-order valence-electron chi connectivity index (χ2n) is 7.36. The van der Waals surface area contributed by atoms with Gasteiger partial charge in [-0.05, 0) is 38.1 Å². The number of nitrogens with one attached hydrogen (secondary N) is 1. The maximum Gasteiger partial charge on any atom is 0.253 e. The van der Waals surface area contributed by atoms with Crippen molar-refractivity contribution in [3.05, 3.63) is 89.1 Å². The molecule has 1 N–H and O–H groups in total. The number of benzene rings is 2. The Bertz CT molecular complexity index is 1230. The number of methoxy groups -OCH3 is 1. The number of pyridine rings is 1. The van der Waals surface area contributed by atoms with Gasteiger partial charge in [0.15, 0.2) is 0 Å². The molecule has 0 bridgehead atoms. The van der Waals surface area contributed by atoms with Crippen molar-refractivity contribution in [2.75, 3.05) is 7.11 Å². The van der Waals surface area contributed by atoms with Crippen molar-refractivity contribution in [2.45, 2.75) is 19.9 Å². The molecule has 4 rings (SSSR count). The lowest BCUT2D eigenvalue weighted by Gasteiger charge is -2.21. The minimum Gasteiger partial charge on any atom is -0.496 e. The summed E-state index contributed by atoms with van der Waals surface area (Å²) in [5.41, 5.74) is 4.06. The van der Waals surface area contributed by atoms with Crippen molar-refractivity contribution in [1.29, 1.82) is 0 Å². The summed E-state index contributed by atoms with van der Waals surface area (Å²) >= 11 is 0. The normalized spacial score (nSPS) is 12.0. The van der Waals surface area contributed by atoms with Gasteiger partial charge < -0.3 is 14.6 Å². The SMILES string of the molecule is COc1ccccc1C(NC(=O)c1cc2cc(C)ccc2nc1C)c1nccn1C. The molecule has 1 amide bonds. The highest BCUT2D eigenvalue weighted by Crippen LogP contribution is 2.29. The number of aromatic nitrogens is 3. The summed E-state index contributed by atoms with van der Waals surface area (Å²) < 4.78 is 7.44. The Morgan fingerprint density at radius 1 is 1.13 bits per heavy atom. The summed E-state index contributed by atoms with van der Waals surface area (Å²) in [7, 11) is 3.53. The van der Waals surface area contributed by atoms with E-state index in [0.29, 0.717) is 17.0 Å². The van der Waals surface area contributed by atoms with E-state index in [1.165, 1.54) is 0 Å². The maximum atomic E-state index is 13.4. The maximum absolute atomic E-state index is 13.4. The van der Waals surface area contributed by atoms with Gasteiger partial charge in [-0.3, -0.25) is 9.78 Å². The van der Waals surface area contributed by atoms with Crippen molar-refractivity contribution < 1.29 is 9.53 Å². The molecule has 4 aromatic rings. The standard InChI is InChI=1S/C24H24N4O2/c1-15-9-10-20-17(13-15)14-19(16(2)26-20)24(29)27-22(23-25-11-12-28(23)3)18-7-5-6-8-21(18)30-4/h5-14,22H,1-4H3,(H,27,29). The van der Waals surface area contributed by atoms with Crippen LogP contribution in [0.4, 0.5) is 0 Å². The predicted molar refractivity (Wildman–Crippen MR) is 117 cm³/mol. The van der Waals surface area contributed by atoms with Gasteiger partial charge in [-0.25, -0.2) is 4.98 Å². The molecule has 0 aliphatic rings. The van der Waals surface area contributed by atoms with E-state index in [-0.39, 0.29) is 5.91 Å². The summed E-state index contributed by atoms with van der Waals surface area (Å²) in [5.74, 6) is 1.20. The molecule has 0 saturated heterocycles. The van der Waals surface area contributed by atoms with E-state index in [4.69, 9.17) is 4.74 Å². The molecule has 1 unspecified atom stereocenters. The summed E-state index contributed by atoms with van der Waals surface area (Å²) in [6.45, 7) is 3.88. The highest BCUT2D eigenvalue weighted by molar-refractivity contribution is 5.99. The van der Waals surface area contributed by atoms with Gasteiger partial charge in [-0.2, -0.15) is 0 Å². The van der Waals surface area contributed by atoms with Crippen LogP contribution in [0.3, 0.4) is 0 Å². The first-order valence-electron chi connectivity index (χ1n) is 9.77. The molecule has 0 radical (unpaired) electrons. The fraction of sp³-hybridized carbons (Fsp3) is 0.208. The van der Waals surface area contributed by atoms with E-state index in [1.54, 1.807) is 13.3 Å². The van der Waals surface area contributed by atoms with Crippen LogP contribution >= 0.6 is 0 Å². The van der Waals surface area contributed by atoms with E-state index < -0.39 is 6.04 Å². The van der Waals surface area contributed by atoms with Crippen LogP contribution in [0.5, 0.6) is 5.75 Å². The van der Waals surface area contributed by atoms with Gasteiger partial charge in [-0.1, -0.05) is 29.8 Å². The third-order valence-corrected chi connectivity index (χ3v) is 5.25. The zero-order chi connectivity index (χ0) is 21.3. The van der Waals surface area contributed by atoms with Crippen molar-refractivity contribution in [3.63, 3.8) is 0 Å². The van der Waals surface area contributed by atoms with Crippen LogP contribution < -0.4 is 10.1 Å². The van der Waals surface area contributed by atoms with E-state index in [9.17, 15) is 4.79 Å². The Hall–Kier alpha value is -3.67. The van der Waals surface area contributed by atoms with Gasteiger partial charge in [0.25, 0.3) is 5.91 Å². The van der Waals surface area contributed by atoms with Crippen LogP contribution in [-0.2, 0) is 7.05 Å². The molecular formula is C24H24N4O2. The first-order valence-corrected chi connectivity index (χ1v) is 9.77. The molecule has 1 atom stereocenters. The zero-order valence-electron chi connectivity index (χ0n) is 17.5. The fourth-order valence-corrected chi connectivity index (χ4v) is 3.67. The molecule has 0 aliphatic carbocycles. The average molecular weight is 400 g/mol. The van der Waals surface area contributed by atoms with Crippen molar-refractivity contribution in [1.82, 2.24) is 19.9 Å². The molecule has 152 valence electrons. The molecule has 0 saturated carbocycles. The number of fused-ring (bicyclic) bond motifs is 1. The highest BCUT2D eigenvalue weighted by Gasteiger charge is 2.25. The monoisotopic (exact) mass is 400 g/mol. The van der Waals surface area contributed by atoms with E-state index in [1.807, 2.05) is 80.2 Å². The number of rotatable bonds is 5. The van der Waals surface area contributed by atoms with E-state index in [2.05, 4.69) is 15.3 Å². The van der Waals surface area contributed by atoms with E-state index in [0.717, 1.165) is 27.9 Å². The number of hydrogen-bond acceptors (Lipinski definition) is 4. The molecule has 2 heterocycles. The largest absolute Gasteiger partial charge is 0.496 e. The van der Waals surface area contributed by atoms with Gasteiger partial charge in [0.1, 0.15) is 17.6 Å². The van der Waals surface area contributed by atoms with Crippen LogP contribution in [0, 0.1) is 13.8 Å². The summed E-state index contributed by atoms with van der Waals surface area (Å²) in [5, 5.41) is 4.09. The number of imidazole rings is 1. The van der Waals surface area contributed by atoms with Gasteiger partial charge in [0.05, 0.1) is 23.9 Å². The first-order chi connectivity index (χ1) is 14.5. The molecule has 0 spiro atoms. The van der Waals surface area contributed by atoms with Crippen LogP contribution in [-0.4, -0.2) is 27.6 Å². The summed E-state index contributed by atoms with van der Waals surface area (Å²) in [6.07, 6.45) is 3.57. The second-order valence-corrected chi connectivity index (χ2v) is 7.36. The quantitative estimate of drug-likeness (QED) is 0.547. The Morgan fingerprint density at radius 3 is 2.67 bits per heavy atom. The van der Waals surface area contributed by atoms with Crippen molar-refractivity contribution >= 4 is 16.8 Å². The lowest BCUT2D eigenvalue weighted by atomic mass is 10.0. The van der Waals surface area contributed by atoms with Crippen LogP contribution in [0.25, 0.3) is 10.9 Å². The third-order valence-electron chi connectivity index (χ3n) is 5.25. The molecular weight excluding hydrogens is 376 g/mol. The number of ether oxygens (including phenoxy) is 1. The number of hydrogen-bond donors (Lipinski definition) is 1. The summed E-state index contributed by atoms with van der Waals surface area (Å²) in [4.78, 5) is 22.5. The van der Waals surface area contributed by atoms with Gasteiger partial charge in [0, 0.05) is 30.4 Å². The second kappa shape index (κ2) is 7.99. The van der Waals surface area contributed by atoms with Gasteiger partial charge in [0.2, 0.25) is 0 Å². The zero-order valence-corrected chi connectivity index (χ0v) is 17.5. The lowest BCUT2D eigenvalue weighted by Crippen LogP contribution is -2.32. The topological polar surface area (TPSA) is 69.0 Å². The van der Waals surface area contributed by atoms with Crippen molar-refractivity contribution in [3.8, 4) is 5.75 Å². The molecule has 6 nitrogen and oxygen atoms in total. The Morgan fingerprint density at radius 2 is 1.93 bits per heavy atom. The van der Waals surface area contributed by atoms with Crippen molar-refractivity contribution in [2.24, 2.45) is 7.05 Å². The molecule has 2 aromatic carbocycles. The number of para-hydroxylation sites is 1. The fourth-order valence-electron chi connectivity index (χ4n) is 3.67. The van der Waals surface area contributed by atoms with Gasteiger partial charge in [-0.15, -0.1) is 0 Å². The number of carbonyl (C=O) groups is 1. The van der Waals surface area contributed by atoms with Crippen LogP contribution in [0.15, 0.2) is 60.9 Å². The van der Waals surface area contributed by atoms with Gasteiger partial charge >= 0.3 is 0 Å². The minimum atomic E-state index is -0.471. The lowest BCUT2D eigenvalue weighted by molar-refractivity contribution is 0.0940. The molecule has 0 fully saturated rings. The first kappa shape index (κ1) is 19.6. The van der Waals surface area contributed by atoms with Crippen LogP contribution in [0.2, 0.25) is 0 Å². The Balaban J connectivity index is 1.77. The third kappa shape index (κ3) is 3.64. The Labute approximate surface area is 175 Å². The minimum absolute atomic E-state index is 0.206. The van der Waals surface area contributed by atoms with E-state index >= 15 is 0 Å². The average Bonchev–Trinajstić information content (AvgIpc) is 3.17. The van der Waals surface area contributed by atoms with Crippen LogP contribution in [0.1, 0.15) is 39.0 Å². The molecule has 30 heavy (non-hydrogen) atoms. The number of aryl methyl sites for hydroxylation is 3. The molecule has 6 heteroatoms. The molecule has 0 aliphatic heterocycles. The Kier molecular flexibility index (Phi) is 5.23. The smallest absolute Gasteiger partial charge is 0.253 e.